The normalized spacial score (nSPS) is 17.4. The Morgan fingerprint density at radius 3 is 2.64 bits per heavy atom. The fraction of sp³-hybridized carbons (Fsp3) is 0.200. The van der Waals surface area contributed by atoms with Gasteiger partial charge in [0.1, 0.15) is 11.8 Å². The van der Waals surface area contributed by atoms with E-state index in [-0.39, 0.29) is 11.9 Å². The Labute approximate surface area is 171 Å². The number of hydrogen-bond acceptors (Lipinski definition) is 6. The molecular weight excluding hydrogens is 396 g/mol. The zero-order valence-electron chi connectivity index (χ0n) is 15.0. The Morgan fingerprint density at radius 2 is 1.96 bits per heavy atom. The van der Waals surface area contributed by atoms with E-state index in [0.717, 1.165) is 11.3 Å². The second kappa shape index (κ2) is 8.16. The van der Waals surface area contributed by atoms with Gasteiger partial charge in [-0.1, -0.05) is 35.5 Å². The van der Waals surface area contributed by atoms with Gasteiger partial charge >= 0.3 is 0 Å². The van der Waals surface area contributed by atoms with Crippen molar-refractivity contribution in [1.29, 1.82) is 0 Å². The highest BCUT2D eigenvalue weighted by Crippen LogP contribution is 2.35. The van der Waals surface area contributed by atoms with Crippen molar-refractivity contribution in [3.8, 4) is 0 Å². The maximum Gasteiger partial charge on any atom is 0.256 e. The van der Waals surface area contributed by atoms with Crippen LogP contribution in [0.4, 0.5) is 0 Å². The van der Waals surface area contributed by atoms with E-state index in [0.29, 0.717) is 22.4 Å². The monoisotopic (exact) mass is 412 g/mol. The number of hydrogen-bond donors (Lipinski definition) is 0. The number of aromatic nitrogens is 2. The molecule has 2 aromatic heterocycles. The van der Waals surface area contributed by atoms with E-state index < -0.39 is 5.25 Å². The van der Waals surface area contributed by atoms with Crippen LogP contribution in [0.1, 0.15) is 30.7 Å². The van der Waals surface area contributed by atoms with Crippen LogP contribution in [-0.2, 0) is 4.79 Å². The van der Waals surface area contributed by atoms with Gasteiger partial charge in [0, 0.05) is 23.8 Å². The number of rotatable bonds is 5. The summed E-state index contributed by atoms with van der Waals surface area (Å²) in [5.74, 6) is 0.581. The average Bonchev–Trinajstić information content (AvgIpc) is 3.38. The number of nitrogens with zero attached hydrogens (tertiary/aromatic N) is 4. The molecule has 0 bridgehead atoms. The van der Waals surface area contributed by atoms with Crippen LogP contribution in [0.15, 0.2) is 75.8 Å². The zero-order valence-corrected chi connectivity index (χ0v) is 16.6. The van der Waals surface area contributed by atoms with Gasteiger partial charge in [-0.2, -0.15) is 5.10 Å². The van der Waals surface area contributed by atoms with Crippen molar-refractivity contribution in [2.75, 3.05) is 0 Å². The minimum Gasteiger partial charge on any atom is -0.467 e. The molecule has 3 heterocycles. The van der Waals surface area contributed by atoms with Crippen LogP contribution in [0.5, 0.6) is 0 Å². The van der Waals surface area contributed by atoms with E-state index in [1.807, 2.05) is 43.3 Å². The van der Waals surface area contributed by atoms with Crippen LogP contribution in [0, 0.1) is 0 Å². The number of amides is 1. The Bertz CT molecular complexity index is 977. The van der Waals surface area contributed by atoms with Gasteiger partial charge in [-0.15, -0.1) is 0 Å². The van der Waals surface area contributed by atoms with E-state index in [4.69, 9.17) is 16.0 Å². The van der Waals surface area contributed by atoms with Gasteiger partial charge in [-0.3, -0.25) is 4.79 Å². The van der Waals surface area contributed by atoms with Crippen molar-refractivity contribution in [2.45, 2.75) is 29.8 Å². The molecule has 4 rings (SSSR count). The first kappa shape index (κ1) is 18.7. The fourth-order valence-corrected chi connectivity index (χ4v) is 3.87. The molecule has 0 radical (unpaired) electrons. The number of carbonyl (C=O) groups excluding carboxylic acids is 1. The number of benzene rings is 1. The van der Waals surface area contributed by atoms with E-state index in [1.54, 1.807) is 24.7 Å². The highest BCUT2D eigenvalue weighted by atomic mass is 35.5. The van der Waals surface area contributed by atoms with E-state index in [1.165, 1.54) is 16.8 Å². The Kier molecular flexibility index (Phi) is 5.45. The second-order valence-corrected chi connectivity index (χ2v) is 8.01. The molecular formula is C20H17ClN4O2S. The predicted octanol–water partition coefficient (Wildman–Crippen LogP) is 4.58. The number of hydrazone groups is 1. The molecule has 142 valence electrons. The molecule has 0 N–H and O–H groups in total. The SMILES string of the molecule is CC(Sc1ncccn1)C(=O)N1N=C(c2ccc(Cl)cc2)CC1c1ccco1. The molecule has 2 unspecified atom stereocenters. The molecule has 0 fully saturated rings. The summed E-state index contributed by atoms with van der Waals surface area (Å²) < 4.78 is 5.58. The van der Waals surface area contributed by atoms with Gasteiger partial charge in [0.2, 0.25) is 0 Å². The van der Waals surface area contributed by atoms with Crippen LogP contribution in [0.2, 0.25) is 5.02 Å². The van der Waals surface area contributed by atoms with Crippen molar-refractivity contribution in [3.63, 3.8) is 0 Å². The summed E-state index contributed by atoms with van der Waals surface area (Å²) in [6, 6.07) is 12.6. The molecule has 0 spiro atoms. The minimum atomic E-state index is -0.395. The number of thioether (sulfide) groups is 1. The van der Waals surface area contributed by atoms with E-state index in [2.05, 4.69) is 15.1 Å². The van der Waals surface area contributed by atoms with Gasteiger partial charge in [0.05, 0.1) is 17.2 Å². The van der Waals surface area contributed by atoms with Crippen molar-refractivity contribution in [3.05, 3.63) is 77.5 Å². The number of furan rings is 1. The highest BCUT2D eigenvalue weighted by molar-refractivity contribution is 8.00. The molecule has 8 heteroatoms. The lowest BCUT2D eigenvalue weighted by Crippen LogP contribution is -2.33. The fourth-order valence-electron chi connectivity index (χ4n) is 2.97. The first-order valence-electron chi connectivity index (χ1n) is 8.75. The van der Waals surface area contributed by atoms with Crippen molar-refractivity contribution in [2.24, 2.45) is 5.10 Å². The summed E-state index contributed by atoms with van der Waals surface area (Å²) in [6.07, 6.45) is 5.49. The van der Waals surface area contributed by atoms with Crippen molar-refractivity contribution in [1.82, 2.24) is 15.0 Å². The van der Waals surface area contributed by atoms with Crippen LogP contribution in [0.25, 0.3) is 0 Å². The first-order valence-corrected chi connectivity index (χ1v) is 10.0. The Hall–Kier alpha value is -2.64. The molecule has 6 nitrogen and oxygen atoms in total. The van der Waals surface area contributed by atoms with Gasteiger partial charge < -0.3 is 4.42 Å². The third kappa shape index (κ3) is 3.95. The molecule has 0 saturated heterocycles. The molecule has 1 amide bonds. The maximum atomic E-state index is 13.2. The van der Waals surface area contributed by atoms with Crippen LogP contribution in [-0.4, -0.2) is 31.8 Å². The van der Waals surface area contributed by atoms with Gasteiger partial charge in [-0.05, 0) is 42.8 Å². The minimum absolute atomic E-state index is 0.122. The standard InChI is InChI=1S/C20H17ClN4O2S/c1-13(28-20-22-9-3-10-23-20)19(26)25-17(18-4-2-11-27-18)12-16(24-25)14-5-7-15(21)8-6-14/h2-11,13,17H,12H2,1H3. The molecule has 0 aliphatic carbocycles. The average molecular weight is 413 g/mol. The third-order valence-corrected chi connectivity index (χ3v) is 5.59. The van der Waals surface area contributed by atoms with Crippen molar-refractivity contribution < 1.29 is 9.21 Å². The quantitative estimate of drug-likeness (QED) is 0.453. The summed E-state index contributed by atoms with van der Waals surface area (Å²) in [5.41, 5.74) is 1.75. The third-order valence-electron chi connectivity index (χ3n) is 4.36. The Balaban J connectivity index is 1.60. The largest absolute Gasteiger partial charge is 0.467 e. The molecule has 1 aromatic carbocycles. The summed E-state index contributed by atoms with van der Waals surface area (Å²) in [7, 11) is 0. The smallest absolute Gasteiger partial charge is 0.256 e. The van der Waals surface area contributed by atoms with E-state index in [9.17, 15) is 4.79 Å². The maximum absolute atomic E-state index is 13.2. The molecule has 1 aliphatic heterocycles. The van der Waals surface area contributed by atoms with Gasteiger partial charge in [0.25, 0.3) is 5.91 Å². The first-order chi connectivity index (χ1) is 13.6. The van der Waals surface area contributed by atoms with Crippen molar-refractivity contribution >= 4 is 35.0 Å². The van der Waals surface area contributed by atoms with E-state index >= 15 is 0 Å². The summed E-state index contributed by atoms with van der Waals surface area (Å²) in [5, 5.41) is 6.97. The topological polar surface area (TPSA) is 71.6 Å². The second-order valence-electron chi connectivity index (χ2n) is 6.26. The molecule has 0 saturated carbocycles. The molecule has 1 aliphatic rings. The summed E-state index contributed by atoms with van der Waals surface area (Å²) in [6.45, 7) is 1.83. The zero-order chi connectivity index (χ0) is 19.5. The molecule has 28 heavy (non-hydrogen) atoms. The number of carbonyl (C=O) groups is 1. The summed E-state index contributed by atoms with van der Waals surface area (Å²) >= 11 is 7.30. The van der Waals surface area contributed by atoms with Gasteiger partial charge in [0.15, 0.2) is 5.16 Å². The molecule has 2 atom stereocenters. The highest BCUT2D eigenvalue weighted by Gasteiger charge is 2.37. The lowest BCUT2D eigenvalue weighted by atomic mass is 10.0. The number of halogens is 1. The lowest BCUT2D eigenvalue weighted by Gasteiger charge is -2.22. The van der Waals surface area contributed by atoms with Crippen LogP contribution < -0.4 is 0 Å². The Morgan fingerprint density at radius 1 is 1.21 bits per heavy atom. The summed E-state index contributed by atoms with van der Waals surface area (Å²) in [4.78, 5) is 21.5. The predicted molar refractivity (Wildman–Crippen MR) is 108 cm³/mol. The van der Waals surface area contributed by atoms with Gasteiger partial charge in [-0.25, -0.2) is 15.0 Å². The lowest BCUT2D eigenvalue weighted by molar-refractivity contribution is -0.132. The molecule has 3 aromatic rings. The van der Waals surface area contributed by atoms with Crippen LogP contribution in [0.3, 0.4) is 0 Å². The van der Waals surface area contributed by atoms with Crippen LogP contribution >= 0.6 is 23.4 Å².